The first-order valence-electron chi connectivity index (χ1n) is 4.53. The quantitative estimate of drug-likeness (QED) is 0.686. The van der Waals surface area contributed by atoms with Crippen LogP contribution in [0.15, 0.2) is 35.3 Å². The average molecular weight is 222 g/mol. The van der Waals surface area contributed by atoms with Gasteiger partial charge in [-0.2, -0.15) is 8.42 Å². The van der Waals surface area contributed by atoms with Crippen LogP contribution in [0, 0.1) is 0 Å². The molecule has 0 unspecified atom stereocenters. The molecule has 78 valence electrons. The molecule has 0 aromatic heterocycles. The Morgan fingerprint density at radius 1 is 1.27 bits per heavy atom. The van der Waals surface area contributed by atoms with E-state index in [2.05, 4.69) is 4.99 Å². The van der Waals surface area contributed by atoms with Gasteiger partial charge in [-0.3, -0.25) is 0 Å². The van der Waals surface area contributed by atoms with Crippen LogP contribution in [0.4, 0.5) is 0 Å². The minimum absolute atomic E-state index is 0.200. The SMILES string of the molecule is O=S(=O)=C1CN(Cc2ccccc2)C=N1. The van der Waals surface area contributed by atoms with Gasteiger partial charge in [0.2, 0.25) is 10.3 Å². The molecule has 1 aliphatic heterocycles. The maximum absolute atomic E-state index is 10.6. The van der Waals surface area contributed by atoms with Gasteiger partial charge in [-0.1, -0.05) is 30.3 Å². The fraction of sp³-hybridized carbons (Fsp3) is 0.200. The summed E-state index contributed by atoms with van der Waals surface area (Å²) < 4.78 is 21.2. The summed E-state index contributed by atoms with van der Waals surface area (Å²) in [6.07, 6.45) is 1.57. The summed E-state index contributed by atoms with van der Waals surface area (Å²) >= 11 is 0. The zero-order valence-corrected chi connectivity index (χ0v) is 8.81. The van der Waals surface area contributed by atoms with Crippen LogP contribution in [0.3, 0.4) is 0 Å². The van der Waals surface area contributed by atoms with E-state index in [9.17, 15) is 8.42 Å². The highest BCUT2D eigenvalue weighted by atomic mass is 32.2. The number of aliphatic imine (C=N–C) groups is 1. The second-order valence-electron chi connectivity index (χ2n) is 3.26. The van der Waals surface area contributed by atoms with Gasteiger partial charge in [-0.25, -0.2) is 4.99 Å². The molecule has 0 amide bonds. The molecule has 0 aliphatic carbocycles. The van der Waals surface area contributed by atoms with Gasteiger partial charge < -0.3 is 4.90 Å². The van der Waals surface area contributed by atoms with Crippen molar-refractivity contribution >= 4 is 21.6 Å². The van der Waals surface area contributed by atoms with Crippen molar-refractivity contribution in [2.24, 2.45) is 4.99 Å². The molecule has 15 heavy (non-hydrogen) atoms. The largest absolute Gasteiger partial charge is 0.351 e. The maximum atomic E-state index is 10.6. The van der Waals surface area contributed by atoms with E-state index in [1.165, 1.54) is 0 Å². The van der Waals surface area contributed by atoms with E-state index in [4.69, 9.17) is 0 Å². The molecule has 1 aromatic carbocycles. The number of hydrogen-bond acceptors (Lipinski definition) is 3. The van der Waals surface area contributed by atoms with E-state index in [0.29, 0.717) is 13.1 Å². The summed E-state index contributed by atoms with van der Waals surface area (Å²) in [5.41, 5.74) is 1.14. The molecule has 0 radical (unpaired) electrons. The molecule has 0 saturated heterocycles. The topological polar surface area (TPSA) is 49.7 Å². The van der Waals surface area contributed by atoms with Gasteiger partial charge in [-0.05, 0) is 5.56 Å². The smallest absolute Gasteiger partial charge is 0.237 e. The second-order valence-corrected chi connectivity index (χ2v) is 4.20. The zero-order chi connectivity index (χ0) is 10.7. The predicted molar refractivity (Wildman–Crippen MR) is 59.3 cm³/mol. The fourth-order valence-corrected chi connectivity index (χ4v) is 1.82. The third-order valence-electron chi connectivity index (χ3n) is 2.12. The Balaban J connectivity index is 2.06. The molecule has 1 aromatic rings. The lowest BCUT2D eigenvalue weighted by Crippen LogP contribution is -2.20. The summed E-state index contributed by atoms with van der Waals surface area (Å²) in [7, 11) is -2.19. The van der Waals surface area contributed by atoms with Crippen molar-refractivity contribution in [2.45, 2.75) is 6.54 Å². The van der Waals surface area contributed by atoms with E-state index < -0.39 is 10.3 Å². The first-order valence-corrected chi connectivity index (χ1v) is 5.60. The molecule has 0 N–H and O–H groups in total. The summed E-state index contributed by atoms with van der Waals surface area (Å²) in [5.74, 6) is 0. The third kappa shape index (κ3) is 2.44. The summed E-state index contributed by atoms with van der Waals surface area (Å²) in [6, 6.07) is 9.86. The molecule has 2 rings (SSSR count). The van der Waals surface area contributed by atoms with Gasteiger partial charge in [0.05, 0.1) is 12.9 Å². The van der Waals surface area contributed by atoms with Crippen molar-refractivity contribution in [3.8, 4) is 0 Å². The van der Waals surface area contributed by atoms with Gasteiger partial charge in [0.1, 0.15) is 0 Å². The lowest BCUT2D eigenvalue weighted by atomic mass is 10.2. The first-order chi connectivity index (χ1) is 7.25. The molecule has 1 aliphatic rings. The molecular weight excluding hydrogens is 212 g/mol. The minimum atomic E-state index is -2.19. The van der Waals surface area contributed by atoms with Crippen molar-refractivity contribution in [2.75, 3.05) is 6.54 Å². The molecule has 1 heterocycles. The molecule has 4 nitrogen and oxygen atoms in total. The summed E-state index contributed by atoms with van der Waals surface area (Å²) in [4.78, 5) is 5.88. The normalized spacial score (nSPS) is 14.7. The lowest BCUT2D eigenvalue weighted by molar-refractivity contribution is 0.496. The van der Waals surface area contributed by atoms with E-state index >= 15 is 0 Å². The van der Waals surface area contributed by atoms with Gasteiger partial charge in [-0.15, -0.1) is 0 Å². The number of nitrogens with zero attached hydrogens (tertiary/aromatic N) is 2. The molecule has 5 heteroatoms. The first kappa shape index (κ1) is 9.92. The standard InChI is InChI=1S/C10H10N2O2S/c13-15(14)10-7-12(8-11-10)6-9-4-2-1-3-5-9/h1-5,8H,6-7H2. The number of hydrogen-bond donors (Lipinski definition) is 0. The zero-order valence-electron chi connectivity index (χ0n) is 8.00. The van der Waals surface area contributed by atoms with Crippen LogP contribution in [0.5, 0.6) is 0 Å². The van der Waals surface area contributed by atoms with E-state index in [1.807, 2.05) is 35.2 Å². The second kappa shape index (κ2) is 4.27. The number of benzene rings is 1. The van der Waals surface area contributed by atoms with Crippen molar-refractivity contribution in [1.82, 2.24) is 4.90 Å². The lowest BCUT2D eigenvalue weighted by Gasteiger charge is -2.12. The Bertz CT molecular complexity index is 497. The summed E-state index contributed by atoms with van der Waals surface area (Å²) in [6.45, 7) is 1.05. The molecule has 0 fully saturated rings. The fourth-order valence-electron chi connectivity index (χ4n) is 1.41. The molecular formula is C10H10N2O2S. The van der Waals surface area contributed by atoms with Gasteiger partial charge in [0.15, 0.2) is 4.99 Å². The third-order valence-corrected chi connectivity index (χ3v) is 2.74. The average Bonchev–Trinajstić information content (AvgIpc) is 2.68. The van der Waals surface area contributed by atoms with Crippen LogP contribution in [-0.2, 0) is 16.8 Å². The predicted octanol–water partition coefficient (Wildman–Crippen LogP) is 0.539. The molecule has 0 atom stereocenters. The minimum Gasteiger partial charge on any atom is -0.351 e. The van der Waals surface area contributed by atoms with E-state index in [1.54, 1.807) is 6.34 Å². The highest BCUT2D eigenvalue weighted by molar-refractivity contribution is 7.73. The van der Waals surface area contributed by atoms with Crippen LogP contribution in [-0.4, -0.2) is 31.2 Å². The van der Waals surface area contributed by atoms with E-state index in [-0.39, 0.29) is 4.99 Å². The van der Waals surface area contributed by atoms with Crippen LogP contribution in [0.1, 0.15) is 5.56 Å². The Kier molecular flexibility index (Phi) is 2.82. The van der Waals surface area contributed by atoms with Gasteiger partial charge in [0, 0.05) is 6.54 Å². The van der Waals surface area contributed by atoms with E-state index in [0.717, 1.165) is 5.56 Å². The van der Waals surface area contributed by atoms with Crippen molar-refractivity contribution in [1.29, 1.82) is 0 Å². The highest BCUT2D eigenvalue weighted by Gasteiger charge is 2.13. The molecule has 0 spiro atoms. The number of rotatable bonds is 2. The Morgan fingerprint density at radius 2 is 2.00 bits per heavy atom. The van der Waals surface area contributed by atoms with Gasteiger partial charge in [0.25, 0.3) is 0 Å². The molecule has 0 bridgehead atoms. The molecule has 0 saturated carbocycles. The van der Waals surface area contributed by atoms with Crippen LogP contribution in [0.25, 0.3) is 0 Å². The van der Waals surface area contributed by atoms with Crippen LogP contribution in [0.2, 0.25) is 0 Å². The van der Waals surface area contributed by atoms with Gasteiger partial charge >= 0.3 is 0 Å². The van der Waals surface area contributed by atoms with Crippen LogP contribution >= 0.6 is 0 Å². The summed E-state index contributed by atoms with van der Waals surface area (Å²) in [5, 5.41) is 0. The Labute approximate surface area is 89.4 Å². The van der Waals surface area contributed by atoms with Crippen molar-refractivity contribution in [3.05, 3.63) is 35.9 Å². The van der Waals surface area contributed by atoms with Crippen molar-refractivity contribution < 1.29 is 8.42 Å². The van der Waals surface area contributed by atoms with Crippen LogP contribution < -0.4 is 0 Å². The van der Waals surface area contributed by atoms with Crippen molar-refractivity contribution in [3.63, 3.8) is 0 Å². The monoisotopic (exact) mass is 222 g/mol. The maximum Gasteiger partial charge on any atom is 0.237 e. The Morgan fingerprint density at radius 3 is 2.60 bits per heavy atom. The highest BCUT2D eigenvalue weighted by Crippen LogP contribution is 2.05. The Hall–Kier alpha value is -1.62.